The van der Waals surface area contributed by atoms with Gasteiger partial charge in [-0.25, -0.2) is 0 Å². The average molecular weight is 237 g/mol. The van der Waals surface area contributed by atoms with Crippen LogP contribution in [0, 0.1) is 0 Å². The van der Waals surface area contributed by atoms with Crippen molar-refractivity contribution in [3.8, 4) is 5.88 Å². The molecule has 0 amide bonds. The average Bonchev–Trinajstić information content (AvgIpc) is 2.85. The Morgan fingerprint density at radius 2 is 2.41 bits per heavy atom. The lowest BCUT2D eigenvalue weighted by Gasteiger charge is -2.20. The summed E-state index contributed by atoms with van der Waals surface area (Å²) >= 11 is 0. The fraction of sp³-hybridized carbons (Fsp3) is 0.583. The molecule has 0 aliphatic carbocycles. The summed E-state index contributed by atoms with van der Waals surface area (Å²) in [6.45, 7) is 2.95. The highest BCUT2D eigenvalue weighted by Crippen LogP contribution is 2.22. The van der Waals surface area contributed by atoms with Gasteiger partial charge < -0.3 is 20.5 Å². The Hall–Kier alpha value is -1.49. The number of aromatic nitrogens is 1. The number of anilines is 2. The van der Waals surface area contributed by atoms with Crippen molar-refractivity contribution in [3.63, 3.8) is 0 Å². The molecule has 1 aromatic rings. The lowest BCUT2D eigenvalue weighted by Crippen LogP contribution is -2.30. The van der Waals surface area contributed by atoms with Crippen LogP contribution in [0.25, 0.3) is 0 Å². The van der Waals surface area contributed by atoms with Crippen molar-refractivity contribution >= 4 is 11.5 Å². The van der Waals surface area contributed by atoms with Gasteiger partial charge in [0.1, 0.15) is 5.82 Å². The Morgan fingerprint density at radius 1 is 1.59 bits per heavy atom. The van der Waals surface area contributed by atoms with Crippen LogP contribution in [-0.2, 0) is 4.74 Å². The first-order valence-corrected chi connectivity index (χ1v) is 5.89. The Labute approximate surface area is 101 Å². The molecule has 2 rings (SSSR count). The standard InChI is InChI=1S/C12H19N3O2/c1-8(10-4-3-7-17-10)14-11-6-5-9(13)12(15-11)16-2/h5-6,8,10H,3-4,7,13H2,1-2H3,(H,14,15). The fourth-order valence-corrected chi connectivity index (χ4v) is 2.02. The van der Waals surface area contributed by atoms with E-state index in [-0.39, 0.29) is 12.1 Å². The normalized spacial score (nSPS) is 21.2. The molecule has 1 saturated heterocycles. The van der Waals surface area contributed by atoms with E-state index < -0.39 is 0 Å². The molecule has 3 N–H and O–H groups in total. The number of pyridine rings is 1. The van der Waals surface area contributed by atoms with E-state index in [1.54, 1.807) is 13.2 Å². The van der Waals surface area contributed by atoms with Crippen molar-refractivity contribution in [1.29, 1.82) is 0 Å². The molecule has 2 heterocycles. The molecule has 5 nitrogen and oxygen atoms in total. The smallest absolute Gasteiger partial charge is 0.238 e. The van der Waals surface area contributed by atoms with Crippen molar-refractivity contribution in [2.75, 3.05) is 24.8 Å². The SMILES string of the molecule is COc1nc(NC(C)C2CCCO2)ccc1N. The van der Waals surface area contributed by atoms with E-state index in [0.29, 0.717) is 11.6 Å². The summed E-state index contributed by atoms with van der Waals surface area (Å²) < 4.78 is 10.7. The summed E-state index contributed by atoms with van der Waals surface area (Å²) in [5.74, 6) is 1.22. The number of hydrogen-bond acceptors (Lipinski definition) is 5. The number of ether oxygens (including phenoxy) is 2. The van der Waals surface area contributed by atoms with Crippen LogP contribution in [0.4, 0.5) is 11.5 Å². The molecular formula is C12H19N3O2. The Bertz CT molecular complexity index is 378. The molecule has 1 aliphatic heterocycles. The summed E-state index contributed by atoms with van der Waals surface area (Å²) in [4.78, 5) is 4.29. The molecule has 1 aromatic heterocycles. The van der Waals surface area contributed by atoms with E-state index in [1.807, 2.05) is 6.07 Å². The van der Waals surface area contributed by atoms with Crippen molar-refractivity contribution in [3.05, 3.63) is 12.1 Å². The van der Waals surface area contributed by atoms with E-state index >= 15 is 0 Å². The van der Waals surface area contributed by atoms with Crippen molar-refractivity contribution < 1.29 is 9.47 Å². The van der Waals surface area contributed by atoms with E-state index in [9.17, 15) is 0 Å². The molecule has 0 saturated carbocycles. The number of nitrogen functional groups attached to an aromatic ring is 1. The van der Waals surface area contributed by atoms with E-state index in [4.69, 9.17) is 15.2 Å². The van der Waals surface area contributed by atoms with Gasteiger partial charge in [-0.15, -0.1) is 0 Å². The molecule has 0 spiro atoms. The lowest BCUT2D eigenvalue weighted by atomic mass is 10.1. The van der Waals surface area contributed by atoms with Crippen molar-refractivity contribution in [2.45, 2.75) is 31.9 Å². The van der Waals surface area contributed by atoms with Gasteiger partial charge >= 0.3 is 0 Å². The van der Waals surface area contributed by atoms with Gasteiger partial charge in [0.25, 0.3) is 0 Å². The van der Waals surface area contributed by atoms with Crippen molar-refractivity contribution in [2.24, 2.45) is 0 Å². The number of nitrogens with one attached hydrogen (secondary N) is 1. The maximum Gasteiger partial charge on any atom is 0.238 e. The zero-order chi connectivity index (χ0) is 12.3. The molecule has 2 unspecified atom stereocenters. The minimum atomic E-state index is 0.235. The molecule has 17 heavy (non-hydrogen) atoms. The molecule has 5 heteroatoms. The van der Waals surface area contributed by atoms with Gasteiger partial charge in [-0.3, -0.25) is 0 Å². The summed E-state index contributed by atoms with van der Waals surface area (Å²) in [5, 5.41) is 3.31. The minimum Gasteiger partial charge on any atom is -0.479 e. The topological polar surface area (TPSA) is 69.4 Å². The Morgan fingerprint density at radius 3 is 3.06 bits per heavy atom. The summed E-state index contributed by atoms with van der Waals surface area (Å²) in [6, 6.07) is 3.87. The minimum absolute atomic E-state index is 0.235. The second kappa shape index (κ2) is 5.23. The highest BCUT2D eigenvalue weighted by molar-refractivity contribution is 5.53. The van der Waals surface area contributed by atoms with Crippen LogP contribution in [0.3, 0.4) is 0 Å². The van der Waals surface area contributed by atoms with Crippen LogP contribution in [0.2, 0.25) is 0 Å². The van der Waals surface area contributed by atoms with E-state index in [2.05, 4.69) is 17.2 Å². The molecule has 1 aliphatic rings. The quantitative estimate of drug-likeness (QED) is 0.833. The van der Waals surface area contributed by atoms with Gasteiger partial charge in [-0.2, -0.15) is 4.98 Å². The van der Waals surface area contributed by atoms with E-state index in [1.165, 1.54) is 0 Å². The Kier molecular flexibility index (Phi) is 3.68. The zero-order valence-corrected chi connectivity index (χ0v) is 10.3. The lowest BCUT2D eigenvalue weighted by molar-refractivity contribution is 0.0995. The third kappa shape index (κ3) is 2.79. The number of rotatable bonds is 4. The van der Waals surface area contributed by atoms with Gasteiger partial charge in [-0.1, -0.05) is 0 Å². The molecular weight excluding hydrogens is 218 g/mol. The molecule has 0 aromatic carbocycles. The van der Waals surface area contributed by atoms with Crippen LogP contribution in [0.15, 0.2) is 12.1 Å². The van der Waals surface area contributed by atoms with E-state index in [0.717, 1.165) is 25.3 Å². The third-order valence-electron chi connectivity index (χ3n) is 2.98. The van der Waals surface area contributed by atoms with Crippen molar-refractivity contribution in [1.82, 2.24) is 4.98 Å². The van der Waals surface area contributed by atoms with Gasteiger partial charge in [0.15, 0.2) is 0 Å². The first-order valence-electron chi connectivity index (χ1n) is 5.89. The Balaban J connectivity index is 2.02. The fourth-order valence-electron chi connectivity index (χ4n) is 2.02. The third-order valence-corrected chi connectivity index (χ3v) is 2.98. The number of methoxy groups -OCH3 is 1. The highest BCUT2D eigenvalue weighted by Gasteiger charge is 2.22. The number of hydrogen-bond donors (Lipinski definition) is 2. The second-order valence-electron chi connectivity index (χ2n) is 4.28. The summed E-state index contributed by atoms with van der Waals surface area (Å²) in [7, 11) is 1.56. The largest absolute Gasteiger partial charge is 0.479 e. The number of nitrogens with zero attached hydrogens (tertiary/aromatic N) is 1. The van der Waals surface area contributed by atoms with Crippen LogP contribution in [0.5, 0.6) is 5.88 Å². The van der Waals surface area contributed by atoms with Crippen LogP contribution >= 0.6 is 0 Å². The van der Waals surface area contributed by atoms with Gasteiger partial charge in [0.2, 0.25) is 5.88 Å². The first kappa shape index (κ1) is 12.0. The van der Waals surface area contributed by atoms with Crippen LogP contribution in [0.1, 0.15) is 19.8 Å². The molecule has 94 valence electrons. The highest BCUT2D eigenvalue weighted by atomic mass is 16.5. The molecule has 0 radical (unpaired) electrons. The predicted octanol–water partition coefficient (Wildman–Crippen LogP) is 1.65. The maximum absolute atomic E-state index is 5.71. The maximum atomic E-state index is 5.71. The predicted molar refractivity (Wildman–Crippen MR) is 67.3 cm³/mol. The zero-order valence-electron chi connectivity index (χ0n) is 10.3. The van der Waals surface area contributed by atoms with Crippen LogP contribution in [-0.4, -0.2) is 30.8 Å². The summed E-state index contributed by atoms with van der Waals surface area (Å²) in [5.41, 5.74) is 6.26. The first-order chi connectivity index (χ1) is 8.20. The second-order valence-corrected chi connectivity index (χ2v) is 4.28. The molecule has 1 fully saturated rings. The number of nitrogens with two attached hydrogens (primary N) is 1. The molecule has 2 atom stereocenters. The monoisotopic (exact) mass is 237 g/mol. The van der Waals surface area contributed by atoms with Crippen LogP contribution < -0.4 is 15.8 Å². The van der Waals surface area contributed by atoms with Gasteiger partial charge in [-0.05, 0) is 31.9 Å². The molecule has 0 bridgehead atoms. The van der Waals surface area contributed by atoms with Gasteiger partial charge in [0.05, 0.1) is 24.9 Å². The summed E-state index contributed by atoms with van der Waals surface area (Å²) in [6.07, 6.45) is 2.50. The van der Waals surface area contributed by atoms with Gasteiger partial charge in [0, 0.05) is 6.61 Å².